The van der Waals surface area contributed by atoms with Crippen molar-refractivity contribution in [2.45, 2.75) is 6.92 Å². The highest BCUT2D eigenvalue weighted by atomic mass is 16.2. The predicted octanol–water partition coefficient (Wildman–Crippen LogP) is 5.06. The topological polar surface area (TPSA) is 34.1 Å². The summed E-state index contributed by atoms with van der Waals surface area (Å²) in [5.74, 6) is 4.55. The SMILES string of the molecule is CC(C#Cc1ccccc1)C(C(=O)c1ccccc1)C(=O)c1ccccc1. The van der Waals surface area contributed by atoms with Crippen molar-refractivity contribution in [2.75, 3.05) is 0 Å². The van der Waals surface area contributed by atoms with E-state index in [4.69, 9.17) is 0 Å². The van der Waals surface area contributed by atoms with Gasteiger partial charge in [-0.1, -0.05) is 97.6 Å². The van der Waals surface area contributed by atoms with Crippen LogP contribution in [0.1, 0.15) is 33.2 Å². The van der Waals surface area contributed by atoms with Crippen LogP contribution in [0.4, 0.5) is 0 Å². The normalized spacial score (nSPS) is 11.3. The van der Waals surface area contributed by atoms with Crippen LogP contribution in [0.2, 0.25) is 0 Å². The summed E-state index contributed by atoms with van der Waals surface area (Å²) >= 11 is 0. The lowest BCUT2D eigenvalue weighted by Gasteiger charge is -2.18. The Bertz CT molecular complexity index is 913. The molecule has 2 nitrogen and oxygen atoms in total. The Labute approximate surface area is 159 Å². The van der Waals surface area contributed by atoms with Gasteiger partial charge >= 0.3 is 0 Å². The molecule has 0 saturated carbocycles. The van der Waals surface area contributed by atoms with Gasteiger partial charge in [0.2, 0.25) is 0 Å². The number of hydrogen-bond acceptors (Lipinski definition) is 2. The zero-order valence-corrected chi connectivity index (χ0v) is 15.1. The average Bonchev–Trinajstić information content (AvgIpc) is 2.74. The van der Waals surface area contributed by atoms with Crippen LogP contribution in [-0.4, -0.2) is 11.6 Å². The smallest absolute Gasteiger partial charge is 0.174 e. The van der Waals surface area contributed by atoms with E-state index in [-0.39, 0.29) is 11.6 Å². The van der Waals surface area contributed by atoms with Crippen LogP contribution >= 0.6 is 0 Å². The largest absolute Gasteiger partial charge is 0.293 e. The standard InChI is InChI=1S/C25H20O2/c1-19(17-18-20-11-5-2-6-12-20)23(24(26)21-13-7-3-8-14-21)25(27)22-15-9-4-10-16-22/h2-16,19,23H,1H3. The molecule has 3 aromatic carbocycles. The van der Waals surface area contributed by atoms with E-state index in [2.05, 4.69) is 11.8 Å². The van der Waals surface area contributed by atoms with Crippen molar-refractivity contribution in [1.29, 1.82) is 0 Å². The van der Waals surface area contributed by atoms with Gasteiger partial charge < -0.3 is 0 Å². The van der Waals surface area contributed by atoms with Gasteiger partial charge in [0.15, 0.2) is 11.6 Å². The second-order valence-corrected chi connectivity index (χ2v) is 6.36. The van der Waals surface area contributed by atoms with Crippen molar-refractivity contribution < 1.29 is 9.59 Å². The van der Waals surface area contributed by atoms with Crippen LogP contribution in [0.3, 0.4) is 0 Å². The van der Waals surface area contributed by atoms with Gasteiger partial charge in [0, 0.05) is 22.6 Å². The van der Waals surface area contributed by atoms with Gasteiger partial charge in [-0.15, -0.1) is 0 Å². The molecule has 0 aromatic heterocycles. The molecule has 0 bridgehead atoms. The molecule has 27 heavy (non-hydrogen) atoms. The third kappa shape index (κ3) is 4.59. The Hall–Kier alpha value is -3.44. The van der Waals surface area contributed by atoms with E-state index in [1.807, 2.05) is 49.4 Å². The Balaban J connectivity index is 1.95. The number of ketones is 2. The molecule has 1 unspecified atom stereocenters. The highest BCUT2D eigenvalue weighted by Gasteiger charge is 2.32. The quantitative estimate of drug-likeness (QED) is 0.365. The summed E-state index contributed by atoms with van der Waals surface area (Å²) in [5, 5.41) is 0. The first-order valence-corrected chi connectivity index (χ1v) is 8.92. The second kappa shape index (κ2) is 8.78. The van der Waals surface area contributed by atoms with Crippen LogP contribution in [-0.2, 0) is 0 Å². The van der Waals surface area contributed by atoms with Gasteiger partial charge in [0.05, 0.1) is 5.92 Å². The fraction of sp³-hybridized carbons (Fsp3) is 0.120. The second-order valence-electron chi connectivity index (χ2n) is 6.36. The van der Waals surface area contributed by atoms with Crippen molar-refractivity contribution >= 4 is 11.6 Å². The minimum atomic E-state index is -0.842. The van der Waals surface area contributed by atoms with Crippen molar-refractivity contribution in [1.82, 2.24) is 0 Å². The van der Waals surface area contributed by atoms with Gasteiger partial charge in [-0.05, 0) is 12.1 Å². The van der Waals surface area contributed by atoms with Gasteiger partial charge in [0.25, 0.3) is 0 Å². The zero-order chi connectivity index (χ0) is 19.1. The van der Waals surface area contributed by atoms with E-state index < -0.39 is 11.8 Å². The molecule has 0 N–H and O–H groups in total. The molecule has 0 aliphatic heterocycles. The minimum absolute atomic E-state index is 0.195. The molecule has 0 aliphatic carbocycles. The Kier molecular flexibility index (Phi) is 5.97. The molecule has 3 rings (SSSR count). The summed E-state index contributed by atoms with van der Waals surface area (Å²) in [6.07, 6.45) is 0. The lowest BCUT2D eigenvalue weighted by atomic mass is 9.81. The van der Waals surface area contributed by atoms with Crippen LogP contribution < -0.4 is 0 Å². The summed E-state index contributed by atoms with van der Waals surface area (Å²) in [6, 6.07) is 27.4. The van der Waals surface area contributed by atoms with E-state index >= 15 is 0 Å². The van der Waals surface area contributed by atoms with E-state index in [0.29, 0.717) is 11.1 Å². The molecule has 0 spiro atoms. The number of Topliss-reactive ketones (excluding diaryl/α,β-unsaturated/α-hetero) is 2. The van der Waals surface area contributed by atoms with Crippen LogP contribution in [0, 0.1) is 23.7 Å². The molecule has 0 aliphatic rings. The molecule has 3 aromatic rings. The predicted molar refractivity (Wildman–Crippen MR) is 108 cm³/mol. The van der Waals surface area contributed by atoms with Gasteiger partial charge in [-0.2, -0.15) is 0 Å². The van der Waals surface area contributed by atoms with E-state index in [1.165, 1.54) is 0 Å². The third-order valence-electron chi connectivity index (χ3n) is 4.40. The number of rotatable bonds is 5. The Morgan fingerprint density at radius 3 is 1.52 bits per heavy atom. The molecular formula is C25H20O2. The molecule has 1 atom stereocenters. The summed E-state index contributed by atoms with van der Waals surface area (Å²) in [6.45, 7) is 1.84. The average molecular weight is 352 g/mol. The number of benzene rings is 3. The van der Waals surface area contributed by atoms with Crippen LogP contribution in [0.15, 0.2) is 91.0 Å². The molecule has 2 heteroatoms. The molecule has 0 fully saturated rings. The van der Waals surface area contributed by atoms with Crippen molar-refractivity contribution in [2.24, 2.45) is 11.8 Å². The lowest BCUT2D eigenvalue weighted by Crippen LogP contribution is -2.30. The summed E-state index contributed by atoms with van der Waals surface area (Å²) < 4.78 is 0. The molecule has 0 heterocycles. The van der Waals surface area contributed by atoms with Gasteiger partial charge in [-0.25, -0.2) is 0 Å². The fourth-order valence-electron chi connectivity index (χ4n) is 2.94. The maximum absolute atomic E-state index is 13.1. The number of carbonyl (C=O) groups excluding carboxylic acids is 2. The Morgan fingerprint density at radius 1 is 0.667 bits per heavy atom. The molecule has 132 valence electrons. The minimum Gasteiger partial charge on any atom is -0.293 e. The monoisotopic (exact) mass is 352 g/mol. The zero-order valence-electron chi connectivity index (χ0n) is 15.1. The Morgan fingerprint density at radius 2 is 1.07 bits per heavy atom. The van der Waals surface area contributed by atoms with E-state index in [1.54, 1.807) is 48.5 Å². The first kappa shape index (κ1) is 18.4. The number of carbonyl (C=O) groups is 2. The number of hydrogen-bond donors (Lipinski definition) is 0. The van der Waals surface area contributed by atoms with Crippen LogP contribution in [0.5, 0.6) is 0 Å². The summed E-state index contributed by atoms with van der Waals surface area (Å²) in [4.78, 5) is 26.2. The summed E-state index contributed by atoms with van der Waals surface area (Å²) in [7, 11) is 0. The molecule has 0 radical (unpaired) electrons. The molecular weight excluding hydrogens is 332 g/mol. The molecule has 0 amide bonds. The molecule has 0 saturated heterocycles. The first-order chi connectivity index (χ1) is 13.2. The van der Waals surface area contributed by atoms with Gasteiger partial charge in [0.1, 0.15) is 0 Å². The van der Waals surface area contributed by atoms with Crippen molar-refractivity contribution in [3.63, 3.8) is 0 Å². The summed E-state index contributed by atoms with van der Waals surface area (Å²) in [5.41, 5.74) is 1.92. The van der Waals surface area contributed by atoms with Crippen molar-refractivity contribution in [3.05, 3.63) is 108 Å². The maximum atomic E-state index is 13.1. The fourth-order valence-corrected chi connectivity index (χ4v) is 2.94. The highest BCUT2D eigenvalue weighted by Crippen LogP contribution is 2.22. The van der Waals surface area contributed by atoms with Gasteiger partial charge in [-0.3, -0.25) is 9.59 Å². The van der Waals surface area contributed by atoms with Crippen molar-refractivity contribution in [3.8, 4) is 11.8 Å². The maximum Gasteiger partial charge on any atom is 0.174 e. The van der Waals surface area contributed by atoms with E-state index in [9.17, 15) is 9.59 Å². The van der Waals surface area contributed by atoms with Crippen LogP contribution in [0.25, 0.3) is 0 Å². The van der Waals surface area contributed by atoms with E-state index in [0.717, 1.165) is 5.56 Å². The first-order valence-electron chi connectivity index (χ1n) is 8.92. The third-order valence-corrected chi connectivity index (χ3v) is 4.40. The highest BCUT2D eigenvalue weighted by molar-refractivity contribution is 6.16. The lowest BCUT2D eigenvalue weighted by molar-refractivity contribution is 0.0781.